The van der Waals surface area contributed by atoms with Crippen LogP contribution >= 0.6 is 0 Å². The lowest BCUT2D eigenvalue weighted by atomic mass is 9.91. The van der Waals surface area contributed by atoms with E-state index >= 15 is 0 Å². The molecule has 2 rings (SSSR count). The van der Waals surface area contributed by atoms with Crippen molar-refractivity contribution < 1.29 is 38.6 Å². The average molecular weight is 779 g/mol. The molecule has 0 spiro atoms. The number of methoxy groups -OCH3 is 2. The van der Waals surface area contributed by atoms with E-state index in [0.717, 1.165) is 37.7 Å². The van der Waals surface area contributed by atoms with Crippen LogP contribution in [0.15, 0.2) is 24.3 Å². The minimum Gasteiger partial charge on any atom is -0.480 e. The van der Waals surface area contributed by atoms with Gasteiger partial charge in [-0.2, -0.15) is 0 Å². The third kappa shape index (κ3) is 16.9. The Balaban J connectivity index is 0.000000993. The number of nitrogens with zero attached hydrogens (tertiary/aromatic N) is 3. The summed E-state index contributed by atoms with van der Waals surface area (Å²) < 4.78 is 11.1. The molecule has 55 heavy (non-hydrogen) atoms. The van der Waals surface area contributed by atoms with Gasteiger partial charge in [-0.3, -0.25) is 24.1 Å². The number of nitrogen functional groups attached to an aromatic ring is 1. The Bertz CT molecular complexity index is 1270. The number of likely N-dealkylation sites (tertiary alicyclic amines) is 1. The standard InChI is InChI=1S/C19H27N3O5.C19H39N3O3.C3H8/c1-12(17(27-2)16-4-3-9-22(16)11-23)18(24)21-15(19(25)26)10-13-5-7-14(20)8-6-13;1-10-14(5)18(15(11-2)25-9)22(8)16(23)12-20-19(24)17(13(3)4)21(6)7;1-3-2/h5-8,11-12,15-17H,3-4,9-10,20H2,1-2H3,(H,21,24)(H,25,26);13-15,17-18H,10-12H2,1-9H3,(H,20,24);3H2,1-2H3. The third-order valence-electron chi connectivity index (χ3n) is 10.1. The zero-order valence-corrected chi connectivity index (χ0v) is 36.0. The van der Waals surface area contributed by atoms with E-state index in [4.69, 9.17) is 15.2 Å². The van der Waals surface area contributed by atoms with Crippen LogP contribution in [-0.2, 0) is 39.9 Å². The zero-order valence-electron chi connectivity index (χ0n) is 36.0. The topological polar surface area (TPSA) is 184 Å². The first-order chi connectivity index (χ1) is 25.9. The Kier molecular flexibility index (Phi) is 25.1. The molecule has 316 valence electrons. The van der Waals surface area contributed by atoms with E-state index in [9.17, 15) is 29.1 Å². The highest BCUT2D eigenvalue weighted by molar-refractivity contribution is 5.87. The predicted molar refractivity (Wildman–Crippen MR) is 218 cm³/mol. The molecular formula is C41H74N6O8. The van der Waals surface area contributed by atoms with Crippen molar-refractivity contribution in [2.24, 2.45) is 17.8 Å². The van der Waals surface area contributed by atoms with Crippen molar-refractivity contribution >= 4 is 35.8 Å². The van der Waals surface area contributed by atoms with Crippen LogP contribution in [0.25, 0.3) is 0 Å². The van der Waals surface area contributed by atoms with E-state index in [1.807, 2.05) is 32.8 Å². The number of anilines is 1. The molecule has 0 aromatic heterocycles. The second-order valence-corrected chi connectivity index (χ2v) is 15.0. The molecule has 8 unspecified atom stereocenters. The lowest BCUT2D eigenvalue weighted by Gasteiger charge is -2.37. The van der Waals surface area contributed by atoms with E-state index in [1.165, 1.54) is 13.5 Å². The number of rotatable bonds is 20. The number of hydrogen-bond donors (Lipinski definition) is 4. The second-order valence-electron chi connectivity index (χ2n) is 15.0. The summed E-state index contributed by atoms with van der Waals surface area (Å²) in [4.78, 5) is 65.8. The molecule has 0 bridgehead atoms. The number of carboxylic acid groups (broad SMARTS) is 1. The van der Waals surface area contributed by atoms with Gasteiger partial charge in [0.15, 0.2) is 0 Å². The van der Waals surface area contributed by atoms with Crippen LogP contribution in [0.2, 0.25) is 0 Å². The zero-order chi connectivity index (χ0) is 42.4. The van der Waals surface area contributed by atoms with Crippen molar-refractivity contribution in [2.45, 2.75) is 130 Å². The maximum atomic E-state index is 12.7. The number of nitrogens with one attached hydrogen (secondary N) is 2. The molecule has 0 radical (unpaired) electrons. The molecule has 14 heteroatoms. The van der Waals surface area contributed by atoms with Crippen LogP contribution in [0.1, 0.15) is 93.1 Å². The fourth-order valence-corrected chi connectivity index (χ4v) is 7.01. The number of ether oxygens (including phenoxy) is 2. The smallest absolute Gasteiger partial charge is 0.326 e. The summed E-state index contributed by atoms with van der Waals surface area (Å²) in [6, 6.07) is 5.35. The summed E-state index contributed by atoms with van der Waals surface area (Å²) in [5.74, 6) is -1.84. The number of carboxylic acids is 1. The monoisotopic (exact) mass is 779 g/mol. The number of hydrogen-bond acceptors (Lipinski definition) is 9. The minimum atomic E-state index is -1.11. The van der Waals surface area contributed by atoms with Crippen molar-refractivity contribution in [3.63, 3.8) is 0 Å². The van der Waals surface area contributed by atoms with Crippen LogP contribution in [0.4, 0.5) is 5.69 Å². The van der Waals surface area contributed by atoms with E-state index < -0.39 is 29.9 Å². The molecule has 8 atom stereocenters. The molecule has 1 aliphatic heterocycles. The first kappa shape index (κ1) is 51.2. The average Bonchev–Trinajstić information content (AvgIpc) is 3.61. The molecular weight excluding hydrogens is 704 g/mol. The van der Waals surface area contributed by atoms with Gasteiger partial charge in [0, 0.05) is 39.9 Å². The van der Waals surface area contributed by atoms with Gasteiger partial charge in [-0.25, -0.2) is 4.79 Å². The number of aliphatic carboxylic acids is 1. The van der Waals surface area contributed by atoms with Crippen LogP contribution in [0.3, 0.4) is 0 Å². The van der Waals surface area contributed by atoms with Crippen molar-refractivity contribution in [1.29, 1.82) is 0 Å². The fraction of sp³-hybridized carbons (Fsp3) is 0.732. The highest BCUT2D eigenvalue weighted by Gasteiger charge is 2.38. The summed E-state index contributed by atoms with van der Waals surface area (Å²) >= 11 is 0. The second kappa shape index (κ2) is 27.0. The van der Waals surface area contributed by atoms with Gasteiger partial charge >= 0.3 is 5.97 Å². The van der Waals surface area contributed by atoms with Gasteiger partial charge in [-0.1, -0.05) is 80.4 Å². The summed E-state index contributed by atoms with van der Waals surface area (Å²) in [7, 11) is 8.74. The van der Waals surface area contributed by atoms with E-state index in [0.29, 0.717) is 18.2 Å². The van der Waals surface area contributed by atoms with Gasteiger partial charge in [0.05, 0.1) is 42.8 Å². The predicted octanol–water partition coefficient (Wildman–Crippen LogP) is 4.06. The molecule has 4 amide bonds. The number of nitrogens with two attached hydrogens (primary N) is 1. The minimum absolute atomic E-state index is 0.000790. The van der Waals surface area contributed by atoms with Gasteiger partial charge in [-0.05, 0) is 62.9 Å². The van der Waals surface area contributed by atoms with Crippen molar-refractivity contribution in [3.05, 3.63) is 29.8 Å². The summed E-state index contributed by atoms with van der Waals surface area (Å²) in [5, 5.41) is 14.9. The Morgan fingerprint density at radius 3 is 1.98 bits per heavy atom. The molecule has 1 aromatic rings. The Morgan fingerprint density at radius 1 is 0.964 bits per heavy atom. The maximum absolute atomic E-state index is 12.7. The Hall–Kier alpha value is -3.75. The van der Waals surface area contributed by atoms with Crippen LogP contribution in [0, 0.1) is 17.8 Å². The maximum Gasteiger partial charge on any atom is 0.326 e. The number of benzene rings is 1. The number of likely N-dealkylation sites (N-methyl/N-ethyl adjacent to an activating group) is 2. The van der Waals surface area contributed by atoms with Crippen molar-refractivity contribution in [2.75, 3.05) is 54.2 Å². The SMILES string of the molecule is CCC.CCC(C)C(C(CC)OC)N(C)C(=O)CNC(=O)C(C(C)C)N(C)C.COC(C(C)C(=O)NC(Cc1ccc(N)cc1)C(=O)O)C1CCCN1C=O. The number of carbonyl (C=O) groups excluding carboxylic acids is 4. The van der Waals surface area contributed by atoms with Gasteiger partial charge < -0.3 is 40.7 Å². The lowest BCUT2D eigenvalue weighted by molar-refractivity contribution is -0.144. The third-order valence-corrected chi connectivity index (χ3v) is 10.1. The molecule has 1 aromatic carbocycles. The molecule has 0 saturated carbocycles. The quantitative estimate of drug-likeness (QED) is 0.111. The van der Waals surface area contributed by atoms with Gasteiger partial charge in [-0.15, -0.1) is 0 Å². The number of amides is 4. The first-order valence-corrected chi connectivity index (χ1v) is 19.7. The summed E-state index contributed by atoms with van der Waals surface area (Å²) in [6.07, 6.45) is 5.07. The largest absolute Gasteiger partial charge is 0.480 e. The molecule has 0 aliphatic carbocycles. The molecule has 1 fully saturated rings. The van der Waals surface area contributed by atoms with Crippen LogP contribution in [-0.4, -0.2) is 135 Å². The van der Waals surface area contributed by atoms with Crippen molar-refractivity contribution in [1.82, 2.24) is 25.3 Å². The van der Waals surface area contributed by atoms with E-state index in [1.54, 1.807) is 55.1 Å². The Labute approximate surface area is 331 Å². The Morgan fingerprint density at radius 2 is 1.55 bits per heavy atom. The molecule has 5 N–H and O–H groups in total. The van der Waals surface area contributed by atoms with Gasteiger partial charge in [0.25, 0.3) is 0 Å². The number of carbonyl (C=O) groups is 5. The summed E-state index contributed by atoms with van der Waals surface area (Å²) in [6.45, 7) is 16.9. The van der Waals surface area contributed by atoms with E-state index in [-0.39, 0.29) is 54.9 Å². The van der Waals surface area contributed by atoms with Crippen LogP contribution in [0.5, 0.6) is 0 Å². The highest BCUT2D eigenvalue weighted by atomic mass is 16.5. The van der Waals surface area contributed by atoms with Crippen LogP contribution < -0.4 is 16.4 Å². The first-order valence-electron chi connectivity index (χ1n) is 19.7. The molecule has 1 heterocycles. The lowest BCUT2D eigenvalue weighted by Crippen LogP contribution is -2.53. The fourth-order valence-electron chi connectivity index (χ4n) is 7.01. The van der Waals surface area contributed by atoms with Crippen molar-refractivity contribution in [3.8, 4) is 0 Å². The molecule has 14 nitrogen and oxygen atoms in total. The summed E-state index contributed by atoms with van der Waals surface area (Å²) in [5.41, 5.74) is 6.99. The molecule has 1 aliphatic rings. The van der Waals surface area contributed by atoms with Gasteiger partial charge in [0.1, 0.15) is 6.04 Å². The van der Waals surface area contributed by atoms with E-state index in [2.05, 4.69) is 45.3 Å². The van der Waals surface area contributed by atoms with Gasteiger partial charge in [0.2, 0.25) is 24.1 Å². The normalized spacial score (nSPS) is 17.6. The molecule has 1 saturated heterocycles. The highest BCUT2D eigenvalue weighted by Crippen LogP contribution is 2.25.